The number of carbonyl (C=O) groups is 1. The number of non-ortho nitro benzene ring substituents is 1. The van der Waals surface area contributed by atoms with Gasteiger partial charge in [0.15, 0.2) is 5.13 Å². The van der Waals surface area contributed by atoms with Gasteiger partial charge in [-0.2, -0.15) is 0 Å². The van der Waals surface area contributed by atoms with Gasteiger partial charge in [-0.1, -0.05) is 11.3 Å². The number of nitro benzene ring substituents is 1. The van der Waals surface area contributed by atoms with Crippen molar-refractivity contribution in [3.05, 3.63) is 52.1 Å². The molecule has 1 amide bonds. The fraction of sp³-hybridized carbons (Fsp3) is 0.222. The van der Waals surface area contributed by atoms with Crippen molar-refractivity contribution in [3.63, 3.8) is 0 Å². The number of hydrogen-bond donors (Lipinski definition) is 1. The van der Waals surface area contributed by atoms with Crippen LogP contribution in [0, 0.1) is 10.1 Å². The number of aromatic nitrogens is 1. The first-order valence-corrected chi connectivity index (χ1v) is 9.01. The summed E-state index contributed by atoms with van der Waals surface area (Å²) in [6, 6.07) is 9.71. The number of ether oxygens (including phenoxy) is 1. The lowest BCUT2D eigenvalue weighted by molar-refractivity contribution is -0.384. The molecule has 0 bridgehead atoms. The first kappa shape index (κ1) is 18.6. The summed E-state index contributed by atoms with van der Waals surface area (Å²) in [7, 11) is 3.54. The van der Waals surface area contributed by atoms with Crippen molar-refractivity contribution < 1.29 is 14.5 Å². The van der Waals surface area contributed by atoms with Crippen LogP contribution in [0.2, 0.25) is 0 Å². The minimum Gasteiger partial charge on any atom is -0.494 e. The van der Waals surface area contributed by atoms with Crippen molar-refractivity contribution in [1.29, 1.82) is 0 Å². The summed E-state index contributed by atoms with van der Waals surface area (Å²) in [5.41, 5.74) is 1.39. The Bertz CT molecular complexity index is 1020. The van der Waals surface area contributed by atoms with E-state index in [1.807, 2.05) is 25.1 Å². The lowest BCUT2D eigenvalue weighted by Crippen LogP contribution is -2.18. The Kier molecular flexibility index (Phi) is 5.22. The first-order valence-electron chi connectivity index (χ1n) is 8.19. The number of amides is 1. The zero-order valence-electron chi connectivity index (χ0n) is 15.1. The van der Waals surface area contributed by atoms with Crippen LogP contribution >= 0.6 is 11.3 Å². The van der Waals surface area contributed by atoms with E-state index in [9.17, 15) is 14.9 Å². The van der Waals surface area contributed by atoms with Crippen LogP contribution < -0.4 is 15.0 Å². The van der Waals surface area contributed by atoms with Crippen LogP contribution in [-0.2, 0) is 0 Å². The third kappa shape index (κ3) is 3.98. The third-order valence-corrected chi connectivity index (χ3v) is 4.74. The minimum absolute atomic E-state index is 0.142. The number of carbonyl (C=O) groups excluding carboxylic acids is 1. The standard InChI is InChI=1S/C18H18N4O4S/c1-4-26-12-6-7-14-16(10-12)27-18(19-14)20-17(23)13-9-11(22(24)25)5-8-15(13)21(2)3/h5-10H,4H2,1-3H3,(H,19,20,23). The molecule has 0 atom stereocenters. The van der Waals surface area contributed by atoms with Gasteiger partial charge in [-0.3, -0.25) is 20.2 Å². The van der Waals surface area contributed by atoms with E-state index in [1.165, 1.54) is 23.5 Å². The number of nitrogens with one attached hydrogen (secondary N) is 1. The Labute approximate surface area is 159 Å². The maximum Gasteiger partial charge on any atom is 0.270 e. The highest BCUT2D eigenvalue weighted by Gasteiger charge is 2.19. The van der Waals surface area contributed by atoms with Gasteiger partial charge in [0.05, 0.1) is 27.3 Å². The Morgan fingerprint density at radius 1 is 1.30 bits per heavy atom. The quantitative estimate of drug-likeness (QED) is 0.509. The van der Waals surface area contributed by atoms with E-state index < -0.39 is 10.8 Å². The molecule has 0 radical (unpaired) electrons. The Hall–Kier alpha value is -3.20. The van der Waals surface area contributed by atoms with Crippen molar-refractivity contribution in [1.82, 2.24) is 4.98 Å². The fourth-order valence-electron chi connectivity index (χ4n) is 2.59. The average Bonchev–Trinajstić information content (AvgIpc) is 3.02. The highest BCUT2D eigenvalue weighted by Crippen LogP contribution is 2.31. The van der Waals surface area contributed by atoms with Gasteiger partial charge in [0.1, 0.15) is 5.75 Å². The number of anilines is 2. The van der Waals surface area contributed by atoms with Crippen molar-refractivity contribution in [2.45, 2.75) is 6.92 Å². The summed E-state index contributed by atoms with van der Waals surface area (Å²) in [5, 5.41) is 14.2. The number of rotatable bonds is 6. The number of nitro groups is 1. The molecule has 1 N–H and O–H groups in total. The predicted octanol–water partition coefficient (Wildman–Crippen LogP) is 3.92. The number of thiazole rings is 1. The van der Waals surface area contributed by atoms with Crippen molar-refractivity contribution in [2.24, 2.45) is 0 Å². The average molecular weight is 386 g/mol. The molecule has 27 heavy (non-hydrogen) atoms. The monoisotopic (exact) mass is 386 g/mol. The van der Waals surface area contributed by atoms with Crippen LogP contribution in [0.5, 0.6) is 5.75 Å². The number of fused-ring (bicyclic) bond motifs is 1. The highest BCUT2D eigenvalue weighted by molar-refractivity contribution is 7.22. The third-order valence-electron chi connectivity index (χ3n) is 3.81. The molecule has 0 aliphatic heterocycles. The lowest BCUT2D eigenvalue weighted by atomic mass is 10.1. The molecule has 0 saturated heterocycles. The zero-order chi connectivity index (χ0) is 19.6. The molecule has 9 heteroatoms. The normalized spacial score (nSPS) is 10.6. The lowest BCUT2D eigenvalue weighted by Gasteiger charge is -2.16. The van der Waals surface area contributed by atoms with Crippen LogP contribution in [-0.4, -0.2) is 36.5 Å². The maximum absolute atomic E-state index is 12.7. The SMILES string of the molecule is CCOc1ccc2nc(NC(=O)c3cc([N+](=O)[O-])ccc3N(C)C)sc2c1. The van der Waals surface area contributed by atoms with E-state index in [0.29, 0.717) is 17.4 Å². The molecule has 0 saturated carbocycles. The van der Waals surface area contributed by atoms with E-state index in [1.54, 1.807) is 25.1 Å². The molecule has 140 valence electrons. The molecule has 2 aromatic carbocycles. The molecule has 1 heterocycles. The molecule has 0 aliphatic carbocycles. The van der Waals surface area contributed by atoms with Gasteiger partial charge in [0.25, 0.3) is 11.6 Å². The van der Waals surface area contributed by atoms with Crippen LogP contribution in [0.4, 0.5) is 16.5 Å². The van der Waals surface area contributed by atoms with E-state index in [-0.39, 0.29) is 11.3 Å². The Balaban J connectivity index is 1.91. The van der Waals surface area contributed by atoms with Gasteiger partial charge in [-0.25, -0.2) is 4.98 Å². The van der Waals surface area contributed by atoms with Gasteiger partial charge in [0, 0.05) is 31.9 Å². The second kappa shape index (κ2) is 7.58. The minimum atomic E-state index is -0.525. The van der Waals surface area contributed by atoms with Gasteiger partial charge in [-0.15, -0.1) is 0 Å². The largest absolute Gasteiger partial charge is 0.494 e. The molecule has 0 fully saturated rings. The molecular weight excluding hydrogens is 368 g/mol. The van der Waals surface area contributed by atoms with E-state index in [2.05, 4.69) is 10.3 Å². The number of hydrogen-bond acceptors (Lipinski definition) is 7. The van der Waals surface area contributed by atoms with Gasteiger partial charge in [-0.05, 0) is 31.2 Å². The summed E-state index contributed by atoms with van der Waals surface area (Å²) in [6.45, 7) is 2.47. The van der Waals surface area contributed by atoms with Gasteiger partial charge >= 0.3 is 0 Å². The van der Waals surface area contributed by atoms with Crippen molar-refractivity contribution in [2.75, 3.05) is 30.9 Å². The van der Waals surface area contributed by atoms with Crippen molar-refractivity contribution in [3.8, 4) is 5.75 Å². The van der Waals surface area contributed by atoms with E-state index >= 15 is 0 Å². The van der Waals surface area contributed by atoms with E-state index in [4.69, 9.17) is 4.74 Å². The second-order valence-corrected chi connectivity index (χ2v) is 6.92. The predicted molar refractivity (Wildman–Crippen MR) is 106 cm³/mol. The van der Waals surface area contributed by atoms with Gasteiger partial charge in [0.2, 0.25) is 0 Å². The summed E-state index contributed by atoms with van der Waals surface area (Å²) in [4.78, 5) is 29.4. The Morgan fingerprint density at radius 3 is 2.74 bits per heavy atom. The van der Waals surface area contributed by atoms with Gasteiger partial charge < -0.3 is 9.64 Å². The maximum atomic E-state index is 12.7. The fourth-order valence-corrected chi connectivity index (χ4v) is 3.48. The first-order chi connectivity index (χ1) is 12.9. The topological polar surface area (TPSA) is 97.6 Å². The number of nitrogens with zero attached hydrogens (tertiary/aromatic N) is 3. The molecule has 0 spiro atoms. The van der Waals surface area contributed by atoms with Crippen molar-refractivity contribution >= 4 is 44.0 Å². The second-order valence-electron chi connectivity index (χ2n) is 5.89. The van der Waals surface area contributed by atoms with Crippen LogP contribution in [0.25, 0.3) is 10.2 Å². The van der Waals surface area contributed by atoms with Crippen LogP contribution in [0.1, 0.15) is 17.3 Å². The molecule has 3 rings (SSSR count). The molecule has 0 unspecified atom stereocenters. The molecular formula is C18H18N4O4S. The van der Waals surface area contributed by atoms with Crippen LogP contribution in [0.15, 0.2) is 36.4 Å². The summed E-state index contributed by atoms with van der Waals surface area (Å²) < 4.78 is 6.35. The summed E-state index contributed by atoms with van der Waals surface area (Å²) in [5.74, 6) is 0.284. The van der Waals surface area contributed by atoms with Crippen LogP contribution in [0.3, 0.4) is 0 Å². The smallest absolute Gasteiger partial charge is 0.270 e. The molecule has 0 aliphatic rings. The van der Waals surface area contributed by atoms with E-state index in [0.717, 1.165) is 16.0 Å². The summed E-state index contributed by atoms with van der Waals surface area (Å²) in [6.07, 6.45) is 0. The molecule has 1 aromatic heterocycles. The Morgan fingerprint density at radius 2 is 2.07 bits per heavy atom. The summed E-state index contributed by atoms with van der Waals surface area (Å²) >= 11 is 1.31. The number of benzene rings is 2. The molecule has 8 nitrogen and oxygen atoms in total. The zero-order valence-corrected chi connectivity index (χ0v) is 15.9. The molecule has 3 aromatic rings. The highest BCUT2D eigenvalue weighted by atomic mass is 32.1.